The minimum Gasteiger partial charge on any atom is -0.379 e. The van der Waals surface area contributed by atoms with E-state index in [1.165, 1.54) is 0 Å². The number of carbonyl (C=O) groups is 1. The lowest BCUT2D eigenvalue weighted by Gasteiger charge is -2.13. The molecule has 0 aromatic heterocycles. The van der Waals surface area contributed by atoms with E-state index in [9.17, 15) is 4.79 Å². The van der Waals surface area contributed by atoms with Gasteiger partial charge in [-0.2, -0.15) is 0 Å². The van der Waals surface area contributed by atoms with Gasteiger partial charge in [0.15, 0.2) is 0 Å². The van der Waals surface area contributed by atoms with E-state index in [-0.39, 0.29) is 11.9 Å². The lowest BCUT2D eigenvalue weighted by molar-refractivity contribution is -0.120. The largest absolute Gasteiger partial charge is 0.379 e. The van der Waals surface area contributed by atoms with Crippen LogP contribution >= 0.6 is 0 Å². The van der Waals surface area contributed by atoms with Gasteiger partial charge in [-0.3, -0.25) is 4.79 Å². The maximum absolute atomic E-state index is 10.9. The minimum absolute atomic E-state index is 0.121. The number of carbonyl (C=O) groups excluding carboxylic acids is 1. The van der Waals surface area contributed by atoms with Gasteiger partial charge in [0.05, 0.1) is 19.3 Å². The molecular formula is C13H18O3. The van der Waals surface area contributed by atoms with Crippen LogP contribution in [-0.2, 0) is 20.9 Å². The topological polar surface area (TPSA) is 35.5 Å². The van der Waals surface area contributed by atoms with E-state index >= 15 is 0 Å². The first-order valence-corrected chi connectivity index (χ1v) is 5.36. The summed E-state index contributed by atoms with van der Waals surface area (Å²) in [5, 5.41) is 0. The Labute approximate surface area is 96.4 Å². The van der Waals surface area contributed by atoms with Crippen molar-refractivity contribution in [2.45, 2.75) is 26.1 Å². The van der Waals surface area contributed by atoms with E-state index in [0.717, 1.165) is 5.56 Å². The first-order valence-electron chi connectivity index (χ1n) is 5.36. The van der Waals surface area contributed by atoms with Crippen molar-refractivity contribution in [1.82, 2.24) is 0 Å². The van der Waals surface area contributed by atoms with Crippen LogP contribution in [0.15, 0.2) is 30.3 Å². The third-order valence-corrected chi connectivity index (χ3v) is 2.26. The quantitative estimate of drug-likeness (QED) is 0.709. The smallest absolute Gasteiger partial charge is 0.132 e. The number of methoxy groups -OCH3 is 1. The molecular weight excluding hydrogens is 204 g/mol. The average molecular weight is 222 g/mol. The molecule has 88 valence electrons. The molecule has 1 atom stereocenters. The molecule has 1 rings (SSSR count). The van der Waals surface area contributed by atoms with Gasteiger partial charge in [0.1, 0.15) is 5.78 Å². The van der Waals surface area contributed by atoms with E-state index < -0.39 is 0 Å². The Kier molecular flexibility index (Phi) is 5.75. The molecule has 16 heavy (non-hydrogen) atoms. The summed E-state index contributed by atoms with van der Waals surface area (Å²) in [4.78, 5) is 10.9. The van der Waals surface area contributed by atoms with E-state index in [0.29, 0.717) is 19.6 Å². The van der Waals surface area contributed by atoms with Gasteiger partial charge in [0.2, 0.25) is 0 Å². The summed E-state index contributed by atoms with van der Waals surface area (Å²) in [6, 6.07) is 9.93. The maximum atomic E-state index is 10.9. The summed E-state index contributed by atoms with van der Waals surface area (Å²) in [6.45, 7) is 2.56. The van der Waals surface area contributed by atoms with Crippen molar-refractivity contribution >= 4 is 5.78 Å². The molecule has 0 spiro atoms. The number of ether oxygens (including phenoxy) is 2. The Hall–Kier alpha value is -1.19. The molecule has 3 nitrogen and oxygen atoms in total. The summed E-state index contributed by atoms with van der Waals surface area (Å²) < 4.78 is 10.6. The average Bonchev–Trinajstić information content (AvgIpc) is 2.28. The fraction of sp³-hybridized carbons (Fsp3) is 0.462. The Morgan fingerprint density at radius 3 is 2.56 bits per heavy atom. The van der Waals surface area contributed by atoms with Crippen molar-refractivity contribution in [1.29, 1.82) is 0 Å². The fourth-order valence-corrected chi connectivity index (χ4v) is 1.41. The third-order valence-electron chi connectivity index (χ3n) is 2.26. The lowest BCUT2D eigenvalue weighted by Crippen LogP contribution is -2.21. The zero-order valence-electron chi connectivity index (χ0n) is 9.81. The van der Waals surface area contributed by atoms with Crippen LogP contribution in [0, 0.1) is 0 Å². The predicted molar refractivity (Wildman–Crippen MR) is 62.2 cm³/mol. The molecule has 0 aliphatic carbocycles. The van der Waals surface area contributed by atoms with Crippen LogP contribution < -0.4 is 0 Å². The van der Waals surface area contributed by atoms with E-state index in [4.69, 9.17) is 9.47 Å². The molecule has 1 unspecified atom stereocenters. The monoisotopic (exact) mass is 222 g/mol. The molecule has 0 radical (unpaired) electrons. The number of ketones is 1. The molecule has 0 N–H and O–H groups in total. The van der Waals surface area contributed by atoms with Gasteiger partial charge in [0.25, 0.3) is 0 Å². The Balaban J connectivity index is 2.26. The van der Waals surface area contributed by atoms with Crippen molar-refractivity contribution in [3.05, 3.63) is 35.9 Å². The fourth-order valence-electron chi connectivity index (χ4n) is 1.41. The number of hydrogen-bond donors (Lipinski definition) is 0. The molecule has 0 bridgehead atoms. The Morgan fingerprint density at radius 2 is 2.00 bits per heavy atom. The first kappa shape index (κ1) is 12.9. The van der Waals surface area contributed by atoms with E-state index in [2.05, 4.69) is 0 Å². The van der Waals surface area contributed by atoms with Gasteiger partial charge >= 0.3 is 0 Å². The van der Waals surface area contributed by atoms with E-state index in [1.807, 2.05) is 30.3 Å². The predicted octanol–water partition coefficient (Wildman–Crippen LogP) is 2.20. The Bertz CT molecular complexity index is 308. The van der Waals surface area contributed by atoms with Crippen LogP contribution in [-0.4, -0.2) is 25.6 Å². The van der Waals surface area contributed by atoms with Gasteiger partial charge in [-0.1, -0.05) is 30.3 Å². The molecule has 0 fully saturated rings. The van der Waals surface area contributed by atoms with Gasteiger partial charge < -0.3 is 9.47 Å². The standard InChI is InChI=1S/C13H18O3/c1-11(14)8-13(15-2)10-16-9-12-6-4-3-5-7-12/h3-7,13H,8-10H2,1-2H3. The lowest BCUT2D eigenvalue weighted by atomic mass is 10.2. The van der Waals surface area contributed by atoms with Crippen molar-refractivity contribution in [2.24, 2.45) is 0 Å². The number of Topliss-reactive ketones (excluding diaryl/α,β-unsaturated/α-hetero) is 1. The van der Waals surface area contributed by atoms with Crippen molar-refractivity contribution < 1.29 is 14.3 Å². The number of rotatable bonds is 7. The van der Waals surface area contributed by atoms with Crippen molar-refractivity contribution in [2.75, 3.05) is 13.7 Å². The molecule has 0 aliphatic rings. The van der Waals surface area contributed by atoms with Crippen LogP contribution in [0.1, 0.15) is 18.9 Å². The number of hydrogen-bond acceptors (Lipinski definition) is 3. The van der Waals surface area contributed by atoms with Gasteiger partial charge in [-0.25, -0.2) is 0 Å². The molecule has 3 heteroatoms. The highest BCUT2D eigenvalue weighted by molar-refractivity contribution is 5.75. The van der Waals surface area contributed by atoms with E-state index in [1.54, 1.807) is 14.0 Å². The molecule has 0 saturated carbocycles. The summed E-state index contributed by atoms with van der Waals surface area (Å²) in [6.07, 6.45) is 0.270. The van der Waals surface area contributed by atoms with Crippen LogP contribution in [0.5, 0.6) is 0 Å². The van der Waals surface area contributed by atoms with Gasteiger partial charge in [-0.05, 0) is 12.5 Å². The van der Waals surface area contributed by atoms with Crippen LogP contribution in [0.2, 0.25) is 0 Å². The Morgan fingerprint density at radius 1 is 1.31 bits per heavy atom. The molecule has 1 aromatic rings. The molecule has 1 aromatic carbocycles. The van der Waals surface area contributed by atoms with Gasteiger partial charge in [0, 0.05) is 13.5 Å². The zero-order valence-corrected chi connectivity index (χ0v) is 9.81. The van der Waals surface area contributed by atoms with Crippen LogP contribution in [0.4, 0.5) is 0 Å². The van der Waals surface area contributed by atoms with Crippen LogP contribution in [0.3, 0.4) is 0 Å². The summed E-state index contributed by atoms with van der Waals surface area (Å²) in [5.74, 6) is 0.121. The SMILES string of the molecule is COC(COCc1ccccc1)CC(C)=O. The minimum atomic E-state index is -0.138. The van der Waals surface area contributed by atoms with Crippen molar-refractivity contribution in [3.8, 4) is 0 Å². The molecule has 0 amide bonds. The second kappa shape index (κ2) is 7.14. The summed E-state index contributed by atoms with van der Waals surface area (Å²) >= 11 is 0. The molecule has 0 aliphatic heterocycles. The highest BCUT2D eigenvalue weighted by Gasteiger charge is 2.10. The highest BCUT2D eigenvalue weighted by Crippen LogP contribution is 2.04. The zero-order chi connectivity index (χ0) is 11.8. The maximum Gasteiger partial charge on any atom is 0.132 e. The molecule has 0 heterocycles. The third kappa shape index (κ3) is 5.05. The summed E-state index contributed by atoms with van der Waals surface area (Å²) in [7, 11) is 1.60. The first-order chi connectivity index (χ1) is 7.72. The second-order valence-electron chi connectivity index (χ2n) is 3.76. The second-order valence-corrected chi connectivity index (χ2v) is 3.76. The molecule has 0 saturated heterocycles. The summed E-state index contributed by atoms with van der Waals surface area (Å²) in [5.41, 5.74) is 1.13. The number of benzene rings is 1. The van der Waals surface area contributed by atoms with Crippen LogP contribution in [0.25, 0.3) is 0 Å². The van der Waals surface area contributed by atoms with Crippen molar-refractivity contribution in [3.63, 3.8) is 0 Å². The normalized spacial score (nSPS) is 12.4. The van der Waals surface area contributed by atoms with Gasteiger partial charge in [-0.15, -0.1) is 0 Å². The highest BCUT2D eigenvalue weighted by atomic mass is 16.5.